The van der Waals surface area contributed by atoms with Gasteiger partial charge in [-0.1, -0.05) is 24.3 Å². The fraction of sp³-hybridized carbons (Fsp3) is 0.370. The van der Waals surface area contributed by atoms with Crippen LogP contribution in [0.5, 0.6) is 5.75 Å². The van der Waals surface area contributed by atoms with Crippen LogP contribution in [0.25, 0.3) is 11.1 Å². The molecule has 2 aromatic carbocycles. The van der Waals surface area contributed by atoms with Crippen molar-refractivity contribution < 1.29 is 14.6 Å². The maximum atomic E-state index is 13.4. The average molecular weight is 446 g/mol. The molecular weight excluding hydrogens is 414 g/mol. The zero-order chi connectivity index (χ0) is 23.0. The summed E-state index contributed by atoms with van der Waals surface area (Å²) < 4.78 is 8.55. The molecule has 3 aromatic rings. The van der Waals surface area contributed by atoms with Gasteiger partial charge in [0.2, 0.25) is 0 Å². The summed E-state index contributed by atoms with van der Waals surface area (Å²) in [6.45, 7) is 3.82. The second-order valence-corrected chi connectivity index (χ2v) is 9.10. The molecule has 0 radical (unpaired) electrons. The van der Waals surface area contributed by atoms with Crippen LogP contribution in [-0.4, -0.2) is 59.2 Å². The zero-order valence-corrected chi connectivity index (χ0v) is 19.3. The topological polar surface area (TPSA) is 57.9 Å². The molecule has 2 aliphatic heterocycles. The molecule has 0 bridgehead atoms. The molecule has 2 unspecified atom stereocenters. The number of carbonyl (C=O) groups excluding carboxylic acids is 1. The van der Waals surface area contributed by atoms with Gasteiger partial charge in [0.05, 0.1) is 0 Å². The molecule has 33 heavy (non-hydrogen) atoms. The summed E-state index contributed by atoms with van der Waals surface area (Å²) in [6, 6.07) is 17.2. The highest BCUT2D eigenvalue weighted by Crippen LogP contribution is 2.50. The minimum atomic E-state index is -0.847. The van der Waals surface area contributed by atoms with E-state index in [-0.39, 0.29) is 17.6 Å². The monoisotopic (exact) mass is 445 g/mol. The van der Waals surface area contributed by atoms with E-state index in [1.165, 1.54) is 0 Å². The first kappa shape index (κ1) is 21.7. The minimum Gasteiger partial charge on any atom is -0.508 e. The number of aromatic hydroxyl groups is 1. The Balaban J connectivity index is 1.53. The number of methoxy groups -OCH3 is 1. The normalized spacial score (nSPS) is 23.2. The third kappa shape index (κ3) is 3.63. The number of piperidine rings is 1. The Labute approximate surface area is 195 Å². The summed E-state index contributed by atoms with van der Waals surface area (Å²) in [4.78, 5) is 17.7. The SMILES string of the molecule is COC1(C2CCCN(CCn3cccc3)C2)c2c(cccc2-c2cccc(O)c2)C(=O)N1C. The summed E-state index contributed by atoms with van der Waals surface area (Å²) >= 11 is 0. The van der Waals surface area contributed by atoms with E-state index < -0.39 is 5.72 Å². The van der Waals surface area contributed by atoms with E-state index in [4.69, 9.17) is 4.74 Å². The van der Waals surface area contributed by atoms with Gasteiger partial charge in [0.15, 0.2) is 5.72 Å². The van der Waals surface area contributed by atoms with E-state index in [0.29, 0.717) is 5.56 Å². The van der Waals surface area contributed by atoms with Crippen molar-refractivity contribution in [1.29, 1.82) is 0 Å². The van der Waals surface area contributed by atoms with Crippen LogP contribution in [0.15, 0.2) is 67.0 Å². The lowest BCUT2D eigenvalue weighted by Crippen LogP contribution is -2.54. The molecule has 1 aromatic heterocycles. The van der Waals surface area contributed by atoms with Crippen LogP contribution in [0.4, 0.5) is 0 Å². The number of amides is 1. The number of hydrogen-bond acceptors (Lipinski definition) is 4. The highest BCUT2D eigenvalue weighted by molar-refractivity contribution is 6.02. The van der Waals surface area contributed by atoms with E-state index in [1.54, 1.807) is 24.1 Å². The molecule has 6 nitrogen and oxygen atoms in total. The number of phenolic OH excluding ortho intramolecular Hbond substituents is 1. The molecule has 5 rings (SSSR count). The molecule has 1 N–H and O–H groups in total. The third-order valence-electron chi connectivity index (χ3n) is 7.32. The Bertz CT molecular complexity index is 1140. The number of nitrogens with zero attached hydrogens (tertiary/aromatic N) is 3. The van der Waals surface area contributed by atoms with Gasteiger partial charge >= 0.3 is 0 Å². The number of fused-ring (bicyclic) bond motifs is 1. The number of rotatable bonds is 6. The molecule has 0 spiro atoms. The lowest BCUT2D eigenvalue weighted by molar-refractivity contribution is -0.159. The summed E-state index contributed by atoms with van der Waals surface area (Å²) in [5, 5.41) is 10.1. The van der Waals surface area contributed by atoms with Crippen molar-refractivity contribution in [3.8, 4) is 16.9 Å². The number of aromatic nitrogens is 1. The first-order chi connectivity index (χ1) is 16.0. The van der Waals surface area contributed by atoms with Crippen LogP contribution < -0.4 is 0 Å². The molecule has 3 heterocycles. The number of likely N-dealkylation sites (tertiary alicyclic amines) is 1. The second kappa shape index (κ2) is 8.69. The fourth-order valence-electron chi connectivity index (χ4n) is 5.77. The summed E-state index contributed by atoms with van der Waals surface area (Å²) in [7, 11) is 3.58. The van der Waals surface area contributed by atoms with Gasteiger partial charge in [-0.2, -0.15) is 0 Å². The number of carbonyl (C=O) groups is 1. The maximum absolute atomic E-state index is 13.4. The van der Waals surface area contributed by atoms with Gasteiger partial charge in [-0.25, -0.2) is 0 Å². The number of ether oxygens (including phenoxy) is 1. The fourth-order valence-corrected chi connectivity index (χ4v) is 5.77. The Morgan fingerprint density at radius 3 is 2.58 bits per heavy atom. The van der Waals surface area contributed by atoms with Crippen LogP contribution >= 0.6 is 0 Å². The molecule has 2 atom stereocenters. The highest BCUT2D eigenvalue weighted by atomic mass is 16.5. The molecule has 2 aliphatic rings. The first-order valence-electron chi connectivity index (χ1n) is 11.6. The molecule has 1 saturated heterocycles. The van der Waals surface area contributed by atoms with Crippen LogP contribution in [0.1, 0.15) is 28.8 Å². The minimum absolute atomic E-state index is 0.0154. The van der Waals surface area contributed by atoms with Crippen molar-refractivity contribution in [3.05, 3.63) is 78.1 Å². The smallest absolute Gasteiger partial charge is 0.256 e. The summed E-state index contributed by atoms with van der Waals surface area (Å²) in [5.74, 6) is 0.326. The van der Waals surface area contributed by atoms with E-state index in [1.807, 2.05) is 37.4 Å². The molecule has 6 heteroatoms. The molecule has 1 amide bonds. The van der Waals surface area contributed by atoms with Gasteiger partial charge in [-0.15, -0.1) is 0 Å². The van der Waals surface area contributed by atoms with Gasteiger partial charge in [-0.05, 0) is 60.8 Å². The standard InChI is InChI=1S/C27H31N3O3/c1-28-26(32)24-12-6-11-23(20-8-5-10-22(31)18-20)25(24)27(28,33-2)21-9-7-15-30(19-21)17-16-29-13-3-4-14-29/h3-6,8,10-14,18,21,31H,7,9,15-17,19H2,1-2H3. The van der Waals surface area contributed by atoms with Gasteiger partial charge < -0.3 is 24.2 Å². The van der Waals surface area contributed by atoms with E-state index in [0.717, 1.165) is 55.7 Å². The molecular formula is C27H31N3O3. The van der Waals surface area contributed by atoms with Crippen LogP contribution in [-0.2, 0) is 17.0 Å². The van der Waals surface area contributed by atoms with E-state index >= 15 is 0 Å². The van der Waals surface area contributed by atoms with Crippen molar-refractivity contribution in [3.63, 3.8) is 0 Å². The van der Waals surface area contributed by atoms with Crippen molar-refractivity contribution >= 4 is 5.91 Å². The van der Waals surface area contributed by atoms with Crippen molar-refractivity contribution in [1.82, 2.24) is 14.4 Å². The van der Waals surface area contributed by atoms with Crippen molar-refractivity contribution in [2.75, 3.05) is 33.8 Å². The van der Waals surface area contributed by atoms with Crippen molar-refractivity contribution in [2.24, 2.45) is 5.92 Å². The number of hydrogen-bond donors (Lipinski definition) is 1. The van der Waals surface area contributed by atoms with Gasteiger partial charge in [0, 0.05) is 63.2 Å². The first-order valence-corrected chi connectivity index (χ1v) is 11.6. The third-order valence-corrected chi connectivity index (χ3v) is 7.32. The Hall–Kier alpha value is -3.09. The van der Waals surface area contributed by atoms with Crippen molar-refractivity contribution in [2.45, 2.75) is 25.1 Å². The molecule has 1 fully saturated rings. The van der Waals surface area contributed by atoms with Gasteiger partial charge in [0.25, 0.3) is 5.91 Å². The predicted molar refractivity (Wildman–Crippen MR) is 128 cm³/mol. The van der Waals surface area contributed by atoms with Crippen LogP contribution in [0.3, 0.4) is 0 Å². The average Bonchev–Trinajstić information content (AvgIpc) is 3.44. The quantitative estimate of drug-likeness (QED) is 0.619. The summed E-state index contributed by atoms with van der Waals surface area (Å²) in [5.41, 5.74) is 2.58. The maximum Gasteiger partial charge on any atom is 0.256 e. The van der Waals surface area contributed by atoms with E-state index in [2.05, 4.69) is 34.0 Å². The lowest BCUT2D eigenvalue weighted by Gasteiger charge is -2.46. The lowest BCUT2D eigenvalue weighted by atomic mass is 9.79. The van der Waals surface area contributed by atoms with Gasteiger partial charge in [-0.3, -0.25) is 4.79 Å². The van der Waals surface area contributed by atoms with Crippen LogP contribution in [0.2, 0.25) is 0 Å². The van der Waals surface area contributed by atoms with Gasteiger partial charge in [0.1, 0.15) is 5.75 Å². The Kier molecular flexibility index (Phi) is 5.72. The second-order valence-electron chi connectivity index (χ2n) is 9.10. The largest absolute Gasteiger partial charge is 0.508 e. The summed E-state index contributed by atoms with van der Waals surface area (Å²) in [6.07, 6.45) is 6.24. The van der Waals surface area contributed by atoms with E-state index in [9.17, 15) is 9.90 Å². The predicted octanol–water partition coefficient (Wildman–Crippen LogP) is 4.16. The molecule has 172 valence electrons. The van der Waals surface area contributed by atoms with Crippen LogP contribution in [0, 0.1) is 5.92 Å². The Morgan fingerprint density at radius 2 is 1.82 bits per heavy atom. The number of benzene rings is 2. The highest BCUT2D eigenvalue weighted by Gasteiger charge is 2.55. The molecule has 0 saturated carbocycles. The molecule has 0 aliphatic carbocycles. The zero-order valence-electron chi connectivity index (χ0n) is 19.3. The Morgan fingerprint density at radius 1 is 1.06 bits per heavy atom. The number of phenols is 1.